The SMILES string of the molecule is CCOC(=O)c1noc2nc(C)nc(Nc3ccc(OCC)cc3)c12. The molecule has 0 atom stereocenters. The number of hydrogen-bond acceptors (Lipinski definition) is 8. The Bertz CT molecular complexity index is 890. The van der Waals surface area contributed by atoms with Gasteiger partial charge in [0.1, 0.15) is 22.8 Å². The second kappa shape index (κ2) is 7.16. The van der Waals surface area contributed by atoms with Gasteiger partial charge < -0.3 is 19.3 Å². The van der Waals surface area contributed by atoms with Crippen LogP contribution in [-0.4, -0.2) is 34.3 Å². The number of esters is 1. The van der Waals surface area contributed by atoms with Crippen LogP contribution in [0, 0.1) is 6.92 Å². The van der Waals surface area contributed by atoms with Gasteiger partial charge in [0.15, 0.2) is 0 Å². The summed E-state index contributed by atoms with van der Waals surface area (Å²) in [5.41, 5.74) is 1.05. The fourth-order valence-electron chi connectivity index (χ4n) is 2.33. The molecule has 8 nitrogen and oxygen atoms in total. The van der Waals surface area contributed by atoms with Crippen LogP contribution in [0.3, 0.4) is 0 Å². The summed E-state index contributed by atoms with van der Waals surface area (Å²) in [7, 11) is 0. The van der Waals surface area contributed by atoms with Crippen LogP contribution >= 0.6 is 0 Å². The fraction of sp³-hybridized carbons (Fsp3) is 0.294. The molecule has 0 radical (unpaired) electrons. The third-order valence-corrected chi connectivity index (χ3v) is 3.34. The number of fused-ring (bicyclic) bond motifs is 1. The molecule has 0 saturated heterocycles. The van der Waals surface area contributed by atoms with Crippen LogP contribution in [0.5, 0.6) is 5.75 Å². The van der Waals surface area contributed by atoms with Crippen molar-refractivity contribution in [2.75, 3.05) is 18.5 Å². The summed E-state index contributed by atoms with van der Waals surface area (Å²) in [6, 6.07) is 7.39. The van der Waals surface area contributed by atoms with Crippen molar-refractivity contribution in [2.24, 2.45) is 0 Å². The van der Waals surface area contributed by atoms with E-state index in [1.54, 1.807) is 13.8 Å². The number of hydrogen-bond donors (Lipinski definition) is 1. The van der Waals surface area contributed by atoms with Gasteiger partial charge in [-0.1, -0.05) is 5.16 Å². The standard InChI is InChI=1S/C17H18N4O4/c1-4-23-12-8-6-11(7-9-12)20-15-13-14(17(22)24-5-2)21-25-16(13)19-10(3)18-15/h6-9H,4-5H2,1-3H3,(H,18,19,20). The van der Waals surface area contributed by atoms with E-state index >= 15 is 0 Å². The smallest absolute Gasteiger partial charge is 0.361 e. The van der Waals surface area contributed by atoms with Gasteiger partial charge in [0.05, 0.1) is 13.2 Å². The minimum Gasteiger partial charge on any atom is -0.494 e. The van der Waals surface area contributed by atoms with Crippen LogP contribution in [0.4, 0.5) is 11.5 Å². The van der Waals surface area contributed by atoms with Crippen LogP contribution in [0.25, 0.3) is 11.1 Å². The van der Waals surface area contributed by atoms with Crippen molar-refractivity contribution < 1.29 is 18.8 Å². The molecule has 1 N–H and O–H groups in total. The lowest BCUT2D eigenvalue weighted by Crippen LogP contribution is -2.07. The van der Waals surface area contributed by atoms with Gasteiger partial charge in [-0.2, -0.15) is 4.98 Å². The lowest BCUT2D eigenvalue weighted by atomic mass is 10.2. The zero-order chi connectivity index (χ0) is 17.8. The molecule has 0 fully saturated rings. The summed E-state index contributed by atoms with van der Waals surface area (Å²) >= 11 is 0. The van der Waals surface area contributed by atoms with Gasteiger partial charge in [-0.05, 0) is 45.0 Å². The number of anilines is 2. The number of aryl methyl sites for hydroxylation is 1. The molecule has 25 heavy (non-hydrogen) atoms. The number of carbonyl (C=O) groups excluding carboxylic acids is 1. The van der Waals surface area contributed by atoms with E-state index in [4.69, 9.17) is 14.0 Å². The van der Waals surface area contributed by atoms with Crippen molar-refractivity contribution in [1.82, 2.24) is 15.1 Å². The minimum atomic E-state index is -0.580. The number of aromatic nitrogens is 3. The van der Waals surface area contributed by atoms with Gasteiger partial charge in [0.2, 0.25) is 5.69 Å². The van der Waals surface area contributed by atoms with Gasteiger partial charge in [-0.15, -0.1) is 0 Å². The highest BCUT2D eigenvalue weighted by Gasteiger charge is 2.23. The molecular weight excluding hydrogens is 324 g/mol. The average Bonchev–Trinajstić information content (AvgIpc) is 3.01. The van der Waals surface area contributed by atoms with Gasteiger partial charge in [-0.25, -0.2) is 9.78 Å². The highest BCUT2D eigenvalue weighted by molar-refractivity contribution is 6.05. The molecule has 1 aromatic carbocycles. The van der Waals surface area contributed by atoms with Crippen molar-refractivity contribution in [3.63, 3.8) is 0 Å². The van der Waals surface area contributed by atoms with Gasteiger partial charge in [0.25, 0.3) is 5.71 Å². The molecule has 0 aliphatic heterocycles. The zero-order valence-corrected chi connectivity index (χ0v) is 14.2. The summed E-state index contributed by atoms with van der Waals surface area (Å²) in [6.45, 7) is 6.22. The van der Waals surface area contributed by atoms with E-state index in [1.165, 1.54) is 0 Å². The van der Waals surface area contributed by atoms with Gasteiger partial charge in [0, 0.05) is 5.69 Å². The molecule has 0 amide bonds. The first-order chi connectivity index (χ1) is 12.1. The maximum Gasteiger partial charge on any atom is 0.361 e. The normalized spacial score (nSPS) is 10.7. The Hall–Kier alpha value is -3.16. The molecule has 0 saturated carbocycles. The topological polar surface area (TPSA) is 99.4 Å². The lowest BCUT2D eigenvalue weighted by molar-refractivity contribution is 0.0517. The zero-order valence-electron chi connectivity index (χ0n) is 14.2. The lowest BCUT2D eigenvalue weighted by Gasteiger charge is -2.09. The van der Waals surface area contributed by atoms with E-state index in [-0.39, 0.29) is 18.0 Å². The third kappa shape index (κ3) is 3.52. The number of nitrogens with zero attached hydrogens (tertiary/aromatic N) is 3. The molecule has 3 aromatic rings. The first kappa shape index (κ1) is 16.7. The molecule has 0 aliphatic carbocycles. The summed E-state index contributed by atoms with van der Waals surface area (Å²) < 4.78 is 15.6. The van der Waals surface area contributed by atoms with Crippen LogP contribution < -0.4 is 10.1 Å². The summed E-state index contributed by atoms with van der Waals surface area (Å²) in [6.07, 6.45) is 0. The van der Waals surface area contributed by atoms with Crippen molar-refractivity contribution >= 4 is 28.6 Å². The van der Waals surface area contributed by atoms with Crippen LogP contribution in [-0.2, 0) is 4.74 Å². The second-order valence-electron chi connectivity index (χ2n) is 5.13. The highest BCUT2D eigenvalue weighted by Crippen LogP contribution is 2.28. The predicted molar refractivity (Wildman–Crippen MR) is 91.2 cm³/mol. The van der Waals surface area contributed by atoms with Crippen molar-refractivity contribution in [3.8, 4) is 5.75 Å². The number of benzene rings is 1. The molecule has 0 unspecified atom stereocenters. The average molecular weight is 342 g/mol. The molecule has 130 valence electrons. The van der Waals surface area contributed by atoms with Gasteiger partial charge in [-0.3, -0.25) is 0 Å². The molecule has 0 bridgehead atoms. The van der Waals surface area contributed by atoms with Crippen molar-refractivity contribution in [3.05, 3.63) is 35.8 Å². The molecular formula is C17H18N4O4. The number of rotatable bonds is 6. The Morgan fingerprint density at radius 1 is 1.16 bits per heavy atom. The number of carbonyl (C=O) groups is 1. The van der Waals surface area contributed by atoms with Gasteiger partial charge >= 0.3 is 5.97 Å². The van der Waals surface area contributed by atoms with Crippen LogP contribution in [0.1, 0.15) is 30.2 Å². The maximum absolute atomic E-state index is 12.1. The Morgan fingerprint density at radius 3 is 2.60 bits per heavy atom. The summed E-state index contributed by atoms with van der Waals surface area (Å²) in [5.74, 6) is 1.11. The number of nitrogens with one attached hydrogen (secondary N) is 1. The molecule has 3 rings (SSSR count). The summed E-state index contributed by atoms with van der Waals surface area (Å²) in [5, 5.41) is 7.34. The second-order valence-corrected chi connectivity index (χ2v) is 5.13. The molecule has 0 spiro atoms. The first-order valence-corrected chi connectivity index (χ1v) is 7.93. The van der Waals surface area contributed by atoms with E-state index in [2.05, 4.69) is 20.4 Å². The molecule has 2 aromatic heterocycles. The molecule has 0 aliphatic rings. The van der Waals surface area contributed by atoms with Crippen molar-refractivity contribution in [2.45, 2.75) is 20.8 Å². The first-order valence-electron chi connectivity index (χ1n) is 7.93. The molecule has 2 heterocycles. The fourth-order valence-corrected chi connectivity index (χ4v) is 2.33. The Kier molecular flexibility index (Phi) is 4.78. The van der Waals surface area contributed by atoms with E-state index in [9.17, 15) is 4.79 Å². The maximum atomic E-state index is 12.1. The third-order valence-electron chi connectivity index (χ3n) is 3.34. The Balaban J connectivity index is 1.99. The quantitative estimate of drug-likeness (QED) is 0.682. The van der Waals surface area contributed by atoms with Crippen LogP contribution in [0.2, 0.25) is 0 Å². The predicted octanol–water partition coefficient (Wildman–Crippen LogP) is 3.25. The minimum absolute atomic E-state index is 0.0466. The Labute approximate surface area is 144 Å². The summed E-state index contributed by atoms with van der Waals surface area (Å²) in [4.78, 5) is 20.6. The molecule has 8 heteroatoms. The van der Waals surface area contributed by atoms with Crippen LogP contribution in [0.15, 0.2) is 28.8 Å². The monoisotopic (exact) mass is 342 g/mol. The number of ether oxygens (including phenoxy) is 2. The van der Waals surface area contributed by atoms with E-state index in [1.807, 2.05) is 31.2 Å². The van der Waals surface area contributed by atoms with E-state index in [0.29, 0.717) is 23.6 Å². The Morgan fingerprint density at radius 2 is 1.92 bits per heavy atom. The van der Waals surface area contributed by atoms with Crippen molar-refractivity contribution in [1.29, 1.82) is 0 Å². The largest absolute Gasteiger partial charge is 0.494 e. The van der Waals surface area contributed by atoms with E-state index < -0.39 is 5.97 Å². The highest BCUT2D eigenvalue weighted by atomic mass is 16.5. The van der Waals surface area contributed by atoms with E-state index in [0.717, 1.165) is 11.4 Å².